The Kier molecular flexibility index (Phi) is 7.90. The minimum absolute atomic E-state index is 0. The summed E-state index contributed by atoms with van der Waals surface area (Å²) in [4.78, 5) is 15.0. The Morgan fingerprint density at radius 1 is 1.15 bits per heavy atom. The Bertz CT molecular complexity index is 284. The average molecular weight is 303 g/mol. The second-order valence-electron chi connectivity index (χ2n) is 6.30. The van der Waals surface area contributed by atoms with Crippen molar-refractivity contribution in [3.63, 3.8) is 0 Å². The van der Waals surface area contributed by atoms with Crippen LogP contribution in [-0.4, -0.2) is 36.5 Å². The number of nitrogens with zero attached hydrogens (tertiary/aromatic N) is 1. The van der Waals surface area contributed by atoms with Gasteiger partial charge in [-0.25, -0.2) is 0 Å². The summed E-state index contributed by atoms with van der Waals surface area (Å²) in [7, 11) is 0. The number of rotatable bonds is 5. The van der Waals surface area contributed by atoms with Crippen LogP contribution in [0.2, 0.25) is 0 Å². The van der Waals surface area contributed by atoms with E-state index >= 15 is 0 Å². The first-order valence-corrected chi connectivity index (χ1v) is 8.27. The average Bonchev–Trinajstić information content (AvgIpc) is 2.98. The molecule has 1 N–H and O–H groups in total. The van der Waals surface area contributed by atoms with Crippen molar-refractivity contribution >= 4 is 18.3 Å². The van der Waals surface area contributed by atoms with Crippen LogP contribution in [0.3, 0.4) is 0 Å². The van der Waals surface area contributed by atoms with Gasteiger partial charge in [-0.1, -0.05) is 20.3 Å². The second-order valence-corrected chi connectivity index (χ2v) is 6.30. The lowest BCUT2D eigenvalue weighted by atomic mass is 9.80. The zero-order chi connectivity index (χ0) is 13.7. The maximum atomic E-state index is 12.8. The van der Waals surface area contributed by atoms with Gasteiger partial charge in [-0.15, -0.1) is 12.4 Å². The highest BCUT2D eigenvalue weighted by Crippen LogP contribution is 2.32. The number of hydrogen-bond donors (Lipinski definition) is 1. The molecule has 0 aromatic heterocycles. The molecule has 2 fully saturated rings. The van der Waals surface area contributed by atoms with Crippen LogP contribution in [0, 0.1) is 11.8 Å². The molecule has 1 saturated carbocycles. The van der Waals surface area contributed by atoms with Gasteiger partial charge in [-0.3, -0.25) is 4.79 Å². The number of carbonyl (C=O) groups is 1. The van der Waals surface area contributed by atoms with E-state index < -0.39 is 0 Å². The van der Waals surface area contributed by atoms with Crippen molar-refractivity contribution in [1.29, 1.82) is 0 Å². The largest absolute Gasteiger partial charge is 0.338 e. The van der Waals surface area contributed by atoms with Gasteiger partial charge in [0.25, 0.3) is 0 Å². The summed E-state index contributed by atoms with van der Waals surface area (Å²) >= 11 is 0. The van der Waals surface area contributed by atoms with Crippen LogP contribution in [0.4, 0.5) is 0 Å². The second kappa shape index (κ2) is 8.89. The fourth-order valence-corrected chi connectivity index (χ4v) is 3.67. The van der Waals surface area contributed by atoms with Crippen molar-refractivity contribution in [3.05, 3.63) is 0 Å². The van der Waals surface area contributed by atoms with Gasteiger partial charge in [0.1, 0.15) is 0 Å². The van der Waals surface area contributed by atoms with Gasteiger partial charge in [0.15, 0.2) is 0 Å². The van der Waals surface area contributed by atoms with Crippen molar-refractivity contribution in [3.8, 4) is 0 Å². The lowest BCUT2D eigenvalue weighted by Crippen LogP contribution is -2.45. The topological polar surface area (TPSA) is 32.3 Å². The highest BCUT2D eigenvalue weighted by Gasteiger charge is 2.32. The maximum Gasteiger partial charge on any atom is 0.225 e. The van der Waals surface area contributed by atoms with Crippen LogP contribution < -0.4 is 5.32 Å². The molecule has 3 nitrogen and oxygen atoms in total. The Morgan fingerprint density at radius 2 is 1.85 bits per heavy atom. The predicted molar refractivity (Wildman–Crippen MR) is 86.3 cm³/mol. The summed E-state index contributed by atoms with van der Waals surface area (Å²) in [6, 6.07) is 0.455. The molecule has 0 bridgehead atoms. The van der Waals surface area contributed by atoms with Crippen LogP contribution in [-0.2, 0) is 4.79 Å². The molecule has 0 spiro atoms. The number of carbonyl (C=O) groups excluding carboxylic acids is 1. The molecule has 1 unspecified atom stereocenters. The molecule has 118 valence electrons. The molecule has 2 aliphatic rings. The first kappa shape index (κ1) is 17.8. The zero-order valence-corrected chi connectivity index (χ0v) is 13.9. The van der Waals surface area contributed by atoms with E-state index in [1.54, 1.807) is 0 Å². The van der Waals surface area contributed by atoms with E-state index in [2.05, 4.69) is 24.1 Å². The number of hydrogen-bond acceptors (Lipinski definition) is 2. The fraction of sp³-hybridized carbons (Fsp3) is 0.938. The van der Waals surface area contributed by atoms with Gasteiger partial charge >= 0.3 is 0 Å². The van der Waals surface area contributed by atoms with E-state index in [9.17, 15) is 4.79 Å². The first-order chi connectivity index (χ1) is 9.26. The third-order valence-corrected chi connectivity index (χ3v) is 5.00. The molecule has 4 heteroatoms. The number of nitrogens with one attached hydrogen (secondary N) is 1. The van der Waals surface area contributed by atoms with Gasteiger partial charge < -0.3 is 10.2 Å². The van der Waals surface area contributed by atoms with Gasteiger partial charge in [0.05, 0.1) is 0 Å². The van der Waals surface area contributed by atoms with Crippen molar-refractivity contribution in [1.82, 2.24) is 10.2 Å². The van der Waals surface area contributed by atoms with Crippen LogP contribution >= 0.6 is 12.4 Å². The quantitative estimate of drug-likeness (QED) is 0.845. The standard InChI is InChI=1S/C16H30N2O.ClH/c1-3-11-18(15-9-10-17-12-15)16(19)14-7-5-13(4-2)6-8-14;/h13-15,17H,3-12H2,1-2H3;1H. The summed E-state index contributed by atoms with van der Waals surface area (Å²) in [6.45, 7) is 7.46. The van der Waals surface area contributed by atoms with Crippen molar-refractivity contribution in [2.45, 2.75) is 64.8 Å². The first-order valence-electron chi connectivity index (χ1n) is 8.27. The van der Waals surface area contributed by atoms with E-state index in [-0.39, 0.29) is 12.4 Å². The molecular weight excluding hydrogens is 272 g/mol. The Balaban J connectivity index is 0.00000200. The van der Waals surface area contributed by atoms with Crippen molar-refractivity contribution < 1.29 is 4.79 Å². The van der Waals surface area contributed by atoms with E-state index in [1.807, 2.05) is 0 Å². The third kappa shape index (κ3) is 4.36. The minimum Gasteiger partial charge on any atom is -0.338 e. The van der Waals surface area contributed by atoms with Crippen LogP contribution in [0.1, 0.15) is 58.8 Å². The Morgan fingerprint density at radius 3 is 2.35 bits per heavy atom. The monoisotopic (exact) mass is 302 g/mol. The molecule has 1 atom stereocenters. The zero-order valence-electron chi connectivity index (χ0n) is 13.1. The normalized spacial score (nSPS) is 29.8. The maximum absolute atomic E-state index is 12.8. The van der Waals surface area contributed by atoms with E-state index in [0.717, 1.165) is 51.2 Å². The van der Waals surface area contributed by atoms with Crippen LogP contribution in [0.5, 0.6) is 0 Å². The predicted octanol–water partition coefficient (Wildman–Crippen LogP) is 3.23. The van der Waals surface area contributed by atoms with E-state index in [0.29, 0.717) is 17.9 Å². The van der Waals surface area contributed by atoms with Crippen molar-refractivity contribution in [2.24, 2.45) is 11.8 Å². The lowest BCUT2D eigenvalue weighted by Gasteiger charge is -2.35. The van der Waals surface area contributed by atoms with Crippen LogP contribution in [0.25, 0.3) is 0 Å². The van der Waals surface area contributed by atoms with E-state index in [4.69, 9.17) is 0 Å². The van der Waals surface area contributed by atoms with Gasteiger partial charge in [0.2, 0.25) is 5.91 Å². The molecule has 1 aliphatic heterocycles. The van der Waals surface area contributed by atoms with Gasteiger partial charge in [-0.05, 0) is 51.0 Å². The smallest absolute Gasteiger partial charge is 0.225 e. The van der Waals surface area contributed by atoms with E-state index in [1.165, 1.54) is 19.3 Å². The fourth-order valence-electron chi connectivity index (χ4n) is 3.67. The molecular formula is C16H31ClN2O. The molecule has 1 aliphatic carbocycles. The molecule has 0 aromatic carbocycles. The summed E-state index contributed by atoms with van der Waals surface area (Å²) < 4.78 is 0. The highest BCUT2D eigenvalue weighted by atomic mass is 35.5. The Labute approximate surface area is 130 Å². The summed E-state index contributed by atoms with van der Waals surface area (Å²) in [5, 5.41) is 3.39. The SMILES string of the molecule is CCCN(C(=O)C1CCC(CC)CC1)C1CCNC1.Cl. The number of amides is 1. The molecule has 1 heterocycles. The molecule has 2 rings (SSSR count). The molecule has 20 heavy (non-hydrogen) atoms. The molecule has 1 saturated heterocycles. The molecule has 1 amide bonds. The minimum atomic E-state index is 0. The summed E-state index contributed by atoms with van der Waals surface area (Å²) in [5.41, 5.74) is 0. The molecule has 0 radical (unpaired) electrons. The lowest BCUT2D eigenvalue weighted by molar-refractivity contribution is -0.139. The van der Waals surface area contributed by atoms with Crippen LogP contribution in [0.15, 0.2) is 0 Å². The third-order valence-electron chi connectivity index (χ3n) is 5.00. The highest BCUT2D eigenvalue weighted by molar-refractivity contribution is 5.85. The van der Waals surface area contributed by atoms with Crippen molar-refractivity contribution in [2.75, 3.05) is 19.6 Å². The Hall–Kier alpha value is -0.280. The molecule has 0 aromatic rings. The summed E-state index contributed by atoms with van der Waals surface area (Å²) in [5.74, 6) is 1.64. The summed E-state index contributed by atoms with van der Waals surface area (Å²) in [6.07, 6.45) is 8.26. The van der Waals surface area contributed by atoms with Gasteiger partial charge in [0, 0.05) is 25.0 Å². The van der Waals surface area contributed by atoms with Gasteiger partial charge in [-0.2, -0.15) is 0 Å². The number of halogens is 1.